The van der Waals surface area contributed by atoms with Gasteiger partial charge < -0.3 is 47.0 Å². The van der Waals surface area contributed by atoms with Crippen LogP contribution in [0.1, 0.15) is 38.7 Å². The number of urea groups is 1. The Labute approximate surface area is 262 Å². The first kappa shape index (κ1) is 42.2. The SMILES string of the molecule is CCC.CN[C@@H](CCCNC(N)=O)C(=O)Nc1ccc(COC)cc1.NCC(=O)NCC=O.O=COc1ccc([N+](=O)[O-])cc1. The first-order valence-electron chi connectivity index (χ1n) is 13.9. The number of methoxy groups -OCH3 is 1. The fraction of sp³-hybridized carbons (Fsp3) is 0.414. The van der Waals surface area contributed by atoms with E-state index in [-0.39, 0.29) is 48.9 Å². The molecule has 16 heteroatoms. The Morgan fingerprint density at radius 3 is 2.07 bits per heavy atom. The number of nitro groups is 1. The molecule has 0 bridgehead atoms. The molecule has 16 nitrogen and oxygen atoms in total. The molecule has 0 saturated carbocycles. The third-order valence-electron chi connectivity index (χ3n) is 4.97. The van der Waals surface area contributed by atoms with Crippen LogP contribution in [0.15, 0.2) is 48.5 Å². The topological polar surface area (TPSA) is 247 Å². The van der Waals surface area contributed by atoms with Crippen LogP contribution < -0.4 is 37.5 Å². The number of hydrogen-bond acceptors (Lipinski definition) is 11. The minimum Gasteiger partial charge on any atom is -0.429 e. The number of non-ortho nitro benzene ring substituents is 1. The van der Waals surface area contributed by atoms with Crippen molar-refractivity contribution in [1.82, 2.24) is 16.0 Å². The minimum absolute atomic E-state index is 0.0340. The third kappa shape index (κ3) is 23.2. The normalized spacial score (nSPS) is 9.98. The Bertz CT molecular complexity index is 1130. The Morgan fingerprint density at radius 2 is 1.62 bits per heavy atom. The van der Waals surface area contributed by atoms with Gasteiger partial charge in [-0.2, -0.15) is 0 Å². The fourth-order valence-electron chi connectivity index (χ4n) is 2.93. The number of likely N-dealkylation sites (N-methyl/N-ethyl adjacent to an activating group) is 1. The number of benzene rings is 2. The number of anilines is 1. The van der Waals surface area contributed by atoms with Crippen LogP contribution in [0, 0.1) is 10.1 Å². The molecule has 0 heterocycles. The molecule has 2 aromatic rings. The van der Waals surface area contributed by atoms with Gasteiger partial charge >= 0.3 is 6.03 Å². The van der Waals surface area contributed by atoms with Crippen LogP contribution in [0.3, 0.4) is 0 Å². The summed E-state index contributed by atoms with van der Waals surface area (Å²) in [4.78, 5) is 62.0. The van der Waals surface area contributed by atoms with Crippen LogP contribution in [0.25, 0.3) is 0 Å². The van der Waals surface area contributed by atoms with Gasteiger partial charge in [0, 0.05) is 31.5 Å². The molecule has 0 radical (unpaired) electrons. The van der Waals surface area contributed by atoms with E-state index in [1.54, 1.807) is 14.2 Å². The molecule has 45 heavy (non-hydrogen) atoms. The first-order valence-corrected chi connectivity index (χ1v) is 13.9. The zero-order valence-electron chi connectivity index (χ0n) is 26.1. The molecule has 0 unspecified atom stereocenters. The van der Waals surface area contributed by atoms with E-state index >= 15 is 0 Å². The number of ether oxygens (including phenoxy) is 2. The molecule has 2 rings (SSSR count). The van der Waals surface area contributed by atoms with Crippen molar-refractivity contribution in [2.45, 2.75) is 45.8 Å². The molecule has 0 aliphatic carbocycles. The van der Waals surface area contributed by atoms with E-state index in [9.17, 15) is 34.1 Å². The molecule has 4 amide bonds. The summed E-state index contributed by atoms with van der Waals surface area (Å²) >= 11 is 0. The lowest BCUT2D eigenvalue weighted by atomic mass is 10.1. The van der Waals surface area contributed by atoms with Gasteiger partial charge in [-0.1, -0.05) is 32.4 Å². The van der Waals surface area contributed by atoms with Crippen molar-refractivity contribution in [2.24, 2.45) is 11.5 Å². The average molecular weight is 636 g/mol. The summed E-state index contributed by atoms with van der Waals surface area (Å²) in [7, 11) is 3.37. The molecule has 0 aliphatic rings. The van der Waals surface area contributed by atoms with Gasteiger partial charge in [0.05, 0.1) is 30.7 Å². The number of hydrogen-bond donors (Lipinski definition) is 6. The summed E-state index contributed by atoms with van der Waals surface area (Å²) in [5.41, 5.74) is 11.6. The molecule has 0 saturated heterocycles. The second-order valence-corrected chi connectivity index (χ2v) is 8.74. The van der Waals surface area contributed by atoms with Gasteiger partial charge in [0.2, 0.25) is 11.8 Å². The smallest absolute Gasteiger partial charge is 0.312 e. The van der Waals surface area contributed by atoms with Gasteiger partial charge in [0.15, 0.2) is 0 Å². The summed E-state index contributed by atoms with van der Waals surface area (Å²) in [5, 5.41) is 20.7. The maximum absolute atomic E-state index is 12.2. The number of nitrogens with zero attached hydrogens (tertiary/aromatic N) is 1. The monoisotopic (exact) mass is 635 g/mol. The fourth-order valence-corrected chi connectivity index (χ4v) is 2.93. The molecule has 0 aromatic heterocycles. The van der Waals surface area contributed by atoms with E-state index in [1.165, 1.54) is 30.7 Å². The maximum atomic E-state index is 12.2. The van der Waals surface area contributed by atoms with Crippen molar-refractivity contribution in [3.63, 3.8) is 0 Å². The van der Waals surface area contributed by atoms with Gasteiger partial charge in [0.25, 0.3) is 12.2 Å². The molecule has 0 fully saturated rings. The number of nitro benzene ring substituents is 1. The number of amides is 4. The van der Waals surface area contributed by atoms with Crippen LogP contribution in [-0.4, -0.2) is 75.4 Å². The highest BCUT2D eigenvalue weighted by Crippen LogP contribution is 2.16. The summed E-state index contributed by atoms with van der Waals surface area (Å²) in [6, 6.07) is 11.8. The lowest BCUT2D eigenvalue weighted by Gasteiger charge is -2.16. The zero-order valence-corrected chi connectivity index (χ0v) is 26.1. The molecular weight excluding hydrogens is 590 g/mol. The van der Waals surface area contributed by atoms with Crippen molar-refractivity contribution in [3.8, 4) is 5.75 Å². The van der Waals surface area contributed by atoms with E-state index in [0.717, 1.165) is 11.3 Å². The van der Waals surface area contributed by atoms with E-state index in [0.29, 0.717) is 32.3 Å². The predicted octanol–water partition coefficient (Wildman–Crippen LogP) is 1.61. The summed E-state index contributed by atoms with van der Waals surface area (Å²) in [6.45, 7) is 5.50. The molecule has 0 spiro atoms. The summed E-state index contributed by atoms with van der Waals surface area (Å²) < 4.78 is 9.48. The van der Waals surface area contributed by atoms with Crippen LogP contribution in [0.4, 0.5) is 16.2 Å². The van der Waals surface area contributed by atoms with Crippen molar-refractivity contribution < 1.29 is 38.4 Å². The number of rotatable bonds is 15. The quantitative estimate of drug-likeness (QED) is 0.0710. The van der Waals surface area contributed by atoms with Gasteiger partial charge in [-0.25, -0.2) is 4.79 Å². The van der Waals surface area contributed by atoms with Crippen molar-refractivity contribution in [3.05, 3.63) is 64.2 Å². The van der Waals surface area contributed by atoms with Crippen molar-refractivity contribution in [2.75, 3.05) is 39.1 Å². The molecule has 0 aliphatic heterocycles. The summed E-state index contributed by atoms with van der Waals surface area (Å²) in [5.74, 6) is -0.131. The Balaban J connectivity index is 0. The van der Waals surface area contributed by atoms with Gasteiger partial charge in [-0.15, -0.1) is 0 Å². The van der Waals surface area contributed by atoms with Crippen LogP contribution >= 0.6 is 0 Å². The largest absolute Gasteiger partial charge is 0.429 e. The van der Waals surface area contributed by atoms with Gasteiger partial charge in [-0.3, -0.25) is 24.5 Å². The van der Waals surface area contributed by atoms with Crippen LogP contribution in [0.2, 0.25) is 0 Å². The first-order chi connectivity index (χ1) is 21.5. The highest BCUT2D eigenvalue weighted by molar-refractivity contribution is 5.94. The number of nitrogens with two attached hydrogens (primary N) is 2. The third-order valence-corrected chi connectivity index (χ3v) is 4.97. The lowest BCUT2D eigenvalue weighted by molar-refractivity contribution is -0.384. The van der Waals surface area contributed by atoms with Crippen LogP contribution in [-0.2, 0) is 30.5 Å². The Hall–Kier alpha value is -4.93. The number of carbonyl (C=O) groups excluding carboxylic acids is 5. The number of aldehydes is 1. The molecule has 250 valence electrons. The van der Waals surface area contributed by atoms with Crippen molar-refractivity contribution >= 4 is 42.0 Å². The molecular formula is C29H45N7O9. The number of carbonyl (C=O) groups is 5. The molecule has 1 atom stereocenters. The average Bonchev–Trinajstić information content (AvgIpc) is 3.02. The summed E-state index contributed by atoms with van der Waals surface area (Å²) in [6.07, 6.45) is 3.12. The van der Waals surface area contributed by atoms with E-state index in [1.807, 2.05) is 24.3 Å². The minimum atomic E-state index is -0.554. The Morgan fingerprint density at radius 1 is 1.02 bits per heavy atom. The predicted molar refractivity (Wildman–Crippen MR) is 169 cm³/mol. The van der Waals surface area contributed by atoms with Gasteiger partial charge in [0.1, 0.15) is 12.0 Å². The van der Waals surface area contributed by atoms with E-state index < -0.39 is 11.0 Å². The van der Waals surface area contributed by atoms with Crippen LogP contribution in [0.5, 0.6) is 5.75 Å². The molecule has 2 aromatic carbocycles. The standard InChI is InChI=1S/C15H24N4O3.C7H5NO4.C4H8N2O2.C3H8/c1-17-13(4-3-9-18-15(16)21)14(20)19-12-7-5-11(6-8-12)10-22-2;9-5-12-7-3-1-6(2-4-7)8(10)11;5-3-4(8)6-1-2-7;1-3-2/h5-8,13,17H,3-4,9-10H2,1-2H3,(H,19,20)(H3,16,18,21);1-5H;2H,1,3,5H2,(H,6,8);3H2,1-2H3/t13-;;;/m0.../s1. The second kappa shape index (κ2) is 27.9. The number of nitrogens with one attached hydrogen (secondary N) is 4. The second-order valence-electron chi connectivity index (χ2n) is 8.74. The highest BCUT2D eigenvalue weighted by atomic mass is 16.6. The van der Waals surface area contributed by atoms with Gasteiger partial charge in [-0.05, 0) is 49.7 Å². The molecule has 8 N–H and O–H groups in total. The maximum Gasteiger partial charge on any atom is 0.312 e. The number of primary amides is 1. The van der Waals surface area contributed by atoms with E-state index in [2.05, 4.69) is 39.9 Å². The van der Waals surface area contributed by atoms with Crippen molar-refractivity contribution in [1.29, 1.82) is 0 Å². The zero-order chi connectivity index (χ0) is 34.5. The Kier molecular flexibility index (Phi) is 26.1. The lowest BCUT2D eigenvalue weighted by Crippen LogP contribution is -2.39. The van der Waals surface area contributed by atoms with E-state index in [4.69, 9.17) is 16.2 Å². The highest BCUT2D eigenvalue weighted by Gasteiger charge is 2.16.